The van der Waals surface area contributed by atoms with Crippen molar-refractivity contribution >= 4 is 78.3 Å². The summed E-state index contributed by atoms with van der Waals surface area (Å²) in [6, 6.07) is 24.6. The number of para-hydroxylation sites is 1. The normalized spacial score (nSPS) is 22.3. The fourth-order valence-electron chi connectivity index (χ4n) is 14.8. The quantitative estimate of drug-likeness (QED) is 0.0266. The van der Waals surface area contributed by atoms with Crippen molar-refractivity contribution < 1.29 is 56.3 Å². The molecule has 4 fully saturated rings. The molecule has 4 N–H and O–H groups in total. The Balaban J connectivity index is 0.713. The van der Waals surface area contributed by atoms with Crippen LogP contribution in [0.2, 0.25) is 0 Å². The monoisotopic (exact) mass is 1200 g/mol. The topological polar surface area (TPSA) is 273 Å². The van der Waals surface area contributed by atoms with Gasteiger partial charge in [0.25, 0.3) is 27.8 Å². The highest BCUT2D eigenvalue weighted by atomic mass is 32.2. The predicted octanol–water partition coefficient (Wildman–Crippen LogP) is 8.40. The lowest BCUT2D eigenvalue weighted by molar-refractivity contribution is -0.248. The molecule has 85 heavy (non-hydrogen) atoms. The number of aromatic carboxylic acids is 1. The summed E-state index contributed by atoms with van der Waals surface area (Å²) in [6.07, 6.45) is 11.3. The Labute approximate surface area is 496 Å². The highest BCUT2D eigenvalue weighted by Gasteiger charge is 2.66. The van der Waals surface area contributed by atoms with Crippen LogP contribution in [0.25, 0.3) is 21.3 Å². The zero-order valence-corrected chi connectivity index (χ0v) is 49.4. The van der Waals surface area contributed by atoms with Crippen LogP contribution in [0.3, 0.4) is 0 Å². The van der Waals surface area contributed by atoms with Gasteiger partial charge in [0.15, 0.2) is 10.8 Å². The number of aryl methyl sites for hydroxylation is 1. The summed E-state index contributed by atoms with van der Waals surface area (Å²) in [6.45, 7) is 7.92. The highest BCUT2D eigenvalue weighted by molar-refractivity contribution is 7.85. The molecule has 0 radical (unpaired) electrons. The van der Waals surface area contributed by atoms with Crippen molar-refractivity contribution in [1.29, 1.82) is 0 Å². The predicted molar refractivity (Wildman–Crippen MR) is 317 cm³/mol. The molecule has 4 saturated carbocycles. The number of carboxylic acid groups (broad SMARTS) is 1. The third kappa shape index (κ3) is 13.2. The molecule has 5 amide bonds. The molecule has 2 atom stereocenters. The second-order valence-corrected chi connectivity index (χ2v) is 27.1. The van der Waals surface area contributed by atoms with E-state index in [-0.39, 0.29) is 60.7 Å². The van der Waals surface area contributed by atoms with Crippen LogP contribution in [0.5, 0.6) is 0 Å². The Bertz CT molecular complexity index is 3700. The molecule has 4 bridgehead atoms. The molecular formula is C62H69N9O12S2. The van der Waals surface area contributed by atoms with Gasteiger partial charge in [0.1, 0.15) is 19.0 Å². The summed E-state index contributed by atoms with van der Waals surface area (Å²) in [5.41, 5.74) is 5.91. The fourth-order valence-corrected chi connectivity index (χ4v) is 16.1. The average Bonchev–Trinajstić information content (AvgIpc) is 1.37. The second-order valence-electron chi connectivity index (χ2n) is 24.5. The van der Waals surface area contributed by atoms with Gasteiger partial charge in [-0.05, 0) is 140 Å². The first kappa shape index (κ1) is 58.9. The van der Waals surface area contributed by atoms with Crippen molar-refractivity contribution in [1.82, 2.24) is 34.9 Å². The van der Waals surface area contributed by atoms with E-state index in [0.717, 1.165) is 101 Å². The number of unbranched alkanes of at least 4 members (excludes halogenated alkanes) is 1. The van der Waals surface area contributed by atoms with E-state index in [2.05, 4.69) is 29.5 Å². The average molecular weight is 1200 g/mol. The molecular weight excluding hydrogens is 1130 g/mol. The van der Waals surface area contributed by atoms with Crippen LogP contribution in [0, 0.1) is 23.2 Å². The summed E-state index contributed by atoms with van der Waals surface area (Å²) >= 11 is 1.41. The number of imide groups is 1. The Morgan fingerprint density at radius 3 is 2.31 bits per heavy atom. The van der Waals surface area contributed by atoms with Crippen LogP contribution in [0.15, 0.2) is 97.2 Å². The first-order valence-corrected chi connectivity index (χ1v) is 31.2. The van der Waals surface area contributed by atoms with Crippen LogP contribution in [0.4, 0.5) is 15.7 Å². The molecule has 3 aromatic heterocycles. The number of pyridine rings is 1. The summed E-state index contributed by atoms with van der Waals surface area (Å²) in [7, 11) is -4.42. The second kappa shape index (κ2) is 23.5. The van der Waals surface area contributed by atoms with E-state index in [1.54, 1.807) is 18.3 Å². The van der Waals surface area contributed by atoms with Crippen molar-refractivity contribution in [2.24, 2.45) is 16.2 Å². The number of amides is 5. The third-order valence-electron chi connectivity index (χ3n) is 17.4. The molecule has 12 rings (SSSR count). The number of nitrogens with one attached hydrogen (secondary N) is 2. The molecule has 6 aromatic rings. The van der Waals surface area contributed by atoms with E-state index in [1.165, 1.54) is 16.2 Å². The van der Waals surface area contributed by atoms with Crippen molar-refractivity contribution in [3.8, 4) is 11.1 Å². The molecule has 2 aliphatic heterocycles. The van der Waals surface area contributed by atoms with E-state index in [9.17, 15) is 46.8 Å². The molecule has 21 nitrogen and oxygen atoms in total. The van der Waals surface area contributed by atoms with Gasteiger partial charge in [-0.25, -0.2) is 19.6 Å². The standard InChI is InChI=1S/C62H69N9O12S2/c1-40-46(44-18-19-50(66-54(44)56(76)77)69-24-22-43-10-8-11-45(47(43)30-69)55(75)67-57-65-48-12-4-5-13-49(48)84-57)29-64-71(40)39-61-34-59(2)33-60(3,35-61)37-62(36-59,38-61)83-27-25-68(26-28-85(79,80)81)58(78)82-32-42-16-14-41(15-17-42)9-6-7-23-63-51(72)31-70-52(73)20-21-53(70)74/h4-5,8,10-21,29H,6-7,9,22-28,30-39H2,1-3H3,(H,63,72)(H,76,77)(H,65,67,75)(H,79,80,81). The van der Waals surface area contributed by atoms with E-state index in [1.807, 2.05) is 83.2 Å². The number of ether oxygens (including phenoxy) is 2. The van der Waals surface area contributed by atoms with Crippen molar-refractivity contribution in [3.05, 3.63) is 136 Å². The van der Waals surface area contributed by atoms with Crippen LogP contribution in [0.1, 0.15) is 114 Å². The SMILES string of the molecule is Cc1c(-c2ccc(N3CCc4cccc(C(=O)Nc5nc6ccccc6s5)c4C3)nc2C(=O)O)cnn1CC12CC3(C)CC(C)(C1)CC(OCCN(CCS(=O)(=O)O)C(=O)OCc1ccc(CCCCNC(=O)CN4C(=O)C=CC4=O)cc1)(C3)C2. The Morgan fingerprint density at radius 1 is 0.835 bits per heavy atom. The van der Waals surface area contributed by atoms with Gasteiger partial charge in [0, 0.05) is 73.8 Å². The molecule has 23 heteroatoms. The van der Waals surface area contributed by atoms with Crippen LogP contribution < -0.4 is 15.5 Å². The number of carbonyl (C=O) groups excluding carboxylic acids is 5. The zero-order chi connectivity index (χ0) is 59.9. The minimum absolute atomic E-state index is 0.0248. The first-order valence-electron chi connectivity index (χ1n) is 28.7. The number of thiazole rings is 1. The number of aromatic nitrogens is 4. The van der Waals surface area contributed by atoms with Gasteiger partial charge in [0.05, 0.1) is 34.4 Å². The lowest BCUT2D eigenvalue weighted by atomic mass is 9.39. The van der Waals surface area contributed by atoms with Gasteiger partial charge < -0.3 is 29.7 Å². The third-order valence-corrected chi connectivity index (χ3v) is 19.1. The maximum atomic E-state index is 13.8. The Morgan fingerprint density at radius 2 is 1.58 bits per heavy atom. The van der Waals surface area contributed by atoms with Crippen LogP contribution >= 0.6 is 11.3 Å². The highest BCUT2D eigenvalue weighted by Crippen LogP contribution is 2.72. The lowest BCUT2D eigenvalue weighted by Crippen LogP contribution is -2.64. The molecule has 0 spiro atoms. The summed E-state index contributed by atoms with van der Waals surface area (Å²) in [5, 5.41) is 21.9. The minimum Gasteiger partial charge on any atom is -0.476 e. The van der Waals surface area contributed by atoms with Gasteiger partial charge >= 0.3 is 12.1 Å². The number of carbonyl (C=O) groups is 6. The smallest absolute Gasteiger partial charge is 0.410 e. The number of anilines is 2. The van der Waals surface area contributed by atoms with E-state index >= 15 is 0 Å². The molecule has 0 saturated heterocycles. The summed E-state index contributed by atoms with van der Waals surface area (Å²) < 4.78 is 49.2. The van der Waals surface area contributed by atoms with Crippen LogP contribution in [-0.2, 0) is 66.5 Å². The van der Waals surface area contributed by atoms with E-state index < -0.39 is 51.3 Å². The fraction of sp³-hybridized carbons (Fsp3) is 0.435. The van der Waals surface area contributed by atoms with Gasteiger partial charge in [-0.3, -0.25) is 38.6 Å². The van der Waals surface area contributed by atoms with Gasteiger partial charge in [0.2, 0.25) is 5.91 Å². The molecule has 446 valence electrons. The zero-order valence-electron chi connectivity index (χ0n) is 47.8. The Kier molecular flexibility index (Phi) is 16.3. The molecule has 6 aliphatic rings. The van der Waals surface area contributed by atoms with Gasteiger partial charge in [-0.1, -0.05) is 73.7 Å². The largest absolute Gasteiger partial charge is 0.476 e. The Hall–Kier alpha value is -7.86. The van der Waals surface area contributed by atoms with Gasteiger partial charge in [-0.15, -0.1) is 0 Å². The number of hydrogen-bond donors (Lipinski definition) is 4. The molecule has 2 unspecified atom stereocenters. The van der Waals surface area contributed by atoms with Crippen molar-refractivity contribution in [2.45, 2.75) is 110 Å². The summed E-state index contributed by atoms with van der Waals surface area (Å²) in [5.74, 6) is -3.06. The van der Waals surface area contributed by atoms with Crippen molar-refractivity contribution in [3.63, 3.8) is 0 Å². The first-order chi connectivity index (χ1) is 40.5. The van der Waals surface area contributed by atoms with E-state index in [0.29, 0.717) is 72.2 Å². The van der Waals surface area contributed by atoms with E-state index in [4.69, 9.17) is 19.6 Å². The number of fused-ring (bicyclic) bond motifs is 2. The number of rotatable bonds is 23. The maximum Gasteiger partial charge on any atom is 0.410 e. The molecule has 5 heterocycles. The minimum atomic E-state index is -4.42. The number of nitrogens with zero attached hydrogens (tertiary/aromatic N) is 7. The summed E-state index contributed by atoms with van der Waals surface area (Å²) in [4.78, 5) is 89.7. The molecule has 4 aliphatic carbocycles. The van der Waals surface area contributed by atoms with Crippen molar-refractivity contribution in [2.75, 3.05) is 55.3 Å². The lowest BCUT2D eigenvalue weighted by Gasteiger charge is -2.69. The van der Waals surface area contributed by atoms with Crippen LogP contribution in [-0.4, -0.2) is 134 Å². The van der Waals surface area contributed by atoms with Gasteiger partial charge in [-0.2, -0.15) is 13.5 Å². The number of carboxylic acids is 1. The number of hydrogen-bond acceptors (Lipinski definition) is 15. The number of benzene rings is 3. The maximum absolute atomic E-state index is 13.8. The molecule has 3 aromatic carbocycles.